The minimum atomic E-state index is -0.451. The predicted molar refractivity (Wildman–Crippen MR) is 114 cm³/mol. The second kappa shape index (κ2) is 6.12. The molecule has 0 saturated carbocycles. The first-order valence-electron chi connectivity index (χ1n) is 8.47. The molecule has 0 aliphatic carbocycles. The van der Waals surface area contributed by atoms with Crippen LogP contribution in [0.4, 0.5) is 5.69 Å². The average molecular weight is 398 g/mol. The number of nitrogens with zero attached hydrogens (tertiary/aromatic N) is 1. The molecule has 4 rings (SSSR count). The fraction of sp³-hybridized carbons (Fsp3) is 0.238. The zero-order valence-corrected chi connectivity index (χ0v) is 17.6. The van der Waals surface area contributed by atoms with E-state index in [1.807, 2.05) is 42.2 Å². The Morgan fingerprint density at radius 2 is 1.81 bits per heavy atom. The molecule has 0 unspecified atom stereocenters. The topological polar surface area (TPSA) is 20.3 Å². The first kappa shape index (κ1) is 17.6. The van der Waals surface area contributed by atoms with E-state index in [2.05, 4.69) is 32.9 Å². The molecule has 2 nitrogen and oxygen atoms in total. The first-order chi connectivity index (χ1) is 12.3. The molecule has 0 fully saturated rings. The highest BCUT2D eigenvalue weighted by Crippen LogP contribution is 2.53. The van der Waals surface area contributed by atoms with Gasteiger partial charge >= 0.3 is 0 Å². The molecule has 3 aromatic rings. The molecule has 1 aliphatic heterocycles. The van der Waals surface area contributed by atoms with E-state index in [0.717, 1.165) is 37.3 Å². The summed E-state index contributed by atoms with van der Waals surface area (Å²) >= 11 is 5.63. The summed E-state index contributed by atoms with van der Waals surface area (Å²) in [6.45, 7) is 8.31. The zero-order valence-electron chi connectivity index (χ0n) is 15.1. The van der Waals surface area contributed by atoms with Crippen LogP contribution in [0.3, 0.4) is 0 Å². The summed E-state index contributed by atoms with van der Waals surface area (Å²) in [4.78, 5) is 16.7. The van der Waals surface area contributed by atoms with Crippen molar-refractivity contribution < 1.29 is 4.79 Å². The lowest BCUT2D eigenvalue weighted by atomic mass is 9.85. The summed E-state index contributed by atoms with van der Waals surface area (Å²) in [6.07, 6.45) is 0. The van der Waals surface area contributed by atoms with Crippen LogP contribution in [0.2, 0.25) is 0 Å². The van der Waals surface area contributed by atoms with E-state index in [0.29, 0.717) is 0 Å². The van der Waals surface area contributed by atoms with Crippen LogP contribution in [-0.2, 0) is 5.54 Å². The van der Waals surface area contributed by atoms with Gasteiger partial charge in [0.05, 0.1) is 16.1 Å². The maximum absolute atomic E-state index is 13.6. The fourth-order valence-electron chi connectivity index (χ4n) is 3.70. The molecule has 26 heavy (non-hydrogen) atoms. The van der Waals surface area contributed by atoms with Crippen molar-refractivity contribution in [3.05, 3.63) is 67.9 Å². The average Bonchev–Trinajstić information content (AvgIpc) is 2.98. The number of fused-ring (bicyclic) bond motifs is 3. The van der Waals surface area contributed by atoms with Crippen LogP contribution >= 0.6 is 32.9 Å². The van der Waals surface area contributed by atoms with Crippen molar-refractivity contribution >= 4 is 44.5 Å². The van der Waals surface area contributed by atoms with E-state index in [1.54, 1.807) is 20.7 Å². The van der Waals surface area contributed by atoms with Crippen molar-refractivity contribution in [1.82, 2.24) is 0 Å². The summed E-state index contributed by atoms with van der Waals surface area (Å²) in [7, 11) is 3.31. The van der Waals surface area contributed by atoms with E-state index in [-0.39, 0.29) is 5.91 Å². The Bertz CT molecular complexity index is 1090. The second-order valence-corrected chi connectivity index (χ2v) is 10.0. The van der Waals surface area contributed by atoms with Crippen LogP contribution in [0.5, 0.6) is 0 Å². The van der Waals surface area contributed by atoms with Gasteiger partial charge in [0, 0.05) is 16.7 Å². The summed E-state index contributed by atoms with van der Waals surface area (Å²) in [5, 5.41) is 0. The molecule has 2 heterocycles. The maximum atomic E-state index is 13.6. The highest BCUT2D eigenvalue weighted by atomic mass is 32.9. The standard InChI is InChI=1S/C21H19NOS3/c1-12-7-5-9-14(11-12)19(23)22-17-13(2)8-6-10-15(17)16-18(21(22,3)4)25-26-20(16)24/h5-11H,1-4H3. The number of hydrogen-bond acceptors (Lipinski definition) is 4. The van der Waals surface area contributed by atoms with Gasteiger partial charge in [0.15, 0.2) is 0 Å². The molecule has 0 spiro atoms. The van der Waals surface area contributed by atoms with Crippen molar-refractivity contribution in [1.29, 1.82) is 0 Å². The summed E-state index contributed by atoms with van der Waals surface area (Å²) in [6, 6.07) is 14.0. The van der Waals surface area contributed by atoms with Crippen molar-refractivity contribution in [3.63, 3.8) is 0 Å². The van der Waals surface area contributed by atoms with Gasteiger partial charge in [-0.05, 0) is 45.4 Å². The van der Waals surface area contributed by atoms with E-state index in [1.165, 1.54) is 4.88 Å². The van der Waals surface area contributed by atoms with Gasteiger partial charge in [0.2, 0.25) is 0 Å². The lowest BCUT2D eigenvalue weighted by molar-refractivity contribution is 0.0961. The Balaban J connectivity index is 2.01. The number of rotatable bonds is 1. The Morgan fingerprint density at radius 1 is 1.08 bits per heavy atom. The zero-order chi connectivity index (χ0) is 18.6. The van der Waals surface area contributed by atoms with E-state index < -0.39 is 5.54 Å². The van der Waals surface area contributed by atoms with E-state index in [9.17, 15) is 4.79 Å². The van der Waals surface area contributed by atoms with Gasteiger partial charge in [-0.2, -0.15) is 0 Å². The Labute approximate surface area is 166 Å². The summed E-state index contributed by atoms with van der Waals surface area (Å²) in [5.74, 6) is 0.0317. The Morgan fingerprint density at radius 3 is 2.54 bits per heavy atom. The quantitative estimate of drug-likeness (QED) is 0.336. The molecule has 0 N–H and O–H groups in total. The second-order valence-electron chi connectivity index (χ2n) is 7.20. The lowest BCUT2D eigenvalue weighted by Gasteiger charge is -2.43. The Kier molecular flexibility index (Phi) is 4.14. The number of hydrogen-bond donors (Lipinski definition) is 0. The third-order valence-electron chi connectivity index (χ3n) is 4.95. The molecular formula is C21H19NOS3. The maximum Gasteiger partial charge on any atom is 0.259 e. The molecule has 2 aromatic carbocycles. The molecule has 5 heteroatoms. The third kappa shape index (κ3) is 2.49. The molecule has 0 radical (unpaired) electrons. The van der Waals surface area contributed by atoms with Gasteiger partial charge in [-0.3, -0.25) is 9.69 Å². The molecule has 0 bridgehead atoms. The molecule has 0 saturated heterocycles. The van der Waals surface area contributed by atoms with Gasteiger partial charge in [0.25, 0.3) is 5.91 Å². The minimum Gasteiger partial charge on any atom is -0.297 e. The van der Waals surface area contributed by atoms with Crippen LogP contribution in [0.1, 0.15) is 40.2 Å². The van der Waals surface area contributed by atoms with Gasteiger partial charge in [-0.1, -0.05) is 68.8 Å². The van der Waals surface area contributed by atoms with Crippen molar-refractivity contribution in [2.24, 2.45) is 0 Å². The predicted octanol–water partition coefficient (Wildman–Crippen LogP) is 6.72. The van der Waals surface area contributed by atoms with E-state index in [4.69, 9.17) is 12.2 Å². The molecule has 1 amide bonds. The van der Waals surface area contributed by atoms with Gasteiger partial charge in [0.1, 0.15) is 3.82 Å². The molecule has 132 valence electrons. The minimum absolute atomic E-state index is 0.0317. The van der Waals surface area contributed by atoms with Crippen molar-refractivity contribution in [2.75, 3.05) is 4.90 Å². The number of carbonyl (C=O) groups excluding carboxylic acids is 1. The fourth-order valence-corrected chi connectivity index (χ4v) is 6.98. The largest absolute Gasteiger partial charge is 0.297 e. The molecule has 0 atom stereocenters. The SMILES string of the molecule is Cc1cccc(C(=O)N2c3c(C)cccc3-c3c(ssc3=S)C2(C)C)c1. The highest BCUT2D eigenvalue weighted by Gasteiger charge is 2.43. The normalized spacial score (nSPS) is 14.7. The summed E-state index contributed by atoms with van der Waals surface area (Å²) in [5.41, 5.74) is 5.63. The first-order valence-corrected chi connectivity index (χ1v) is 11.0. The van der Waals surface area contributed by atoms with Crippen molar-refractivity contribution in [3.8, 4) is 11.1 Å². The number of carbonyl (C=O) groups is 1. The third-order valence-corrected chi connectivity index (χ3v) is 8.28. The Hall–Kier alpha value is -1.82. The number of benzene rings is 2. The number of aryl methyl sites for hydroxylation is 2. The van der Waals surface area contributed by atoms with Gasteiger partial charge in [-0.25, -0.2) is 0 Å². The molecule has 1 aromatic heterocycles. The molecular weight excluding hydrogens is 378 g/mol. The number of amides is 1. The van der Waals surface area contributed by atoms with Crippen LogP contribution < -0.4 is 4.90 Å². The number of anilines is 1. The van der Waals surface area contributed by atoms with Crippen LogP contribution in [0.25, 0.3) is 11.1 Å². The van der Waals surface area contributed by atoms with Gasteiger partial charge in [-0.15, -0.1) is 0 Å². The van der Waals surface area contributed by atoms with Crippen LogP contribution in [0, 0.1) is 17.7 Å². The molecule has 1 aliphatic rings. The van der Waals surface area contributed by atoms with Crippen LogP contribution in [-0.4, -0.2) is 5.91 Å². The van der Waals surface area contributed by atoms with Crippen LogP contribution in [0.15, 0.2) is 42.5 Å². The smallest absolute Gasteiger partial charge is 0.259 e. The van der Waals surface area contributed by atoms with Gasteiger partial charge < -0.3 is 0 Å². The highest BCUT2D eigenvalue weighted by molar-refractivity contribution is 7.80. The van der Waals surface area contributed by atoms with Crippen molar-refractivity contribution in [2.45, 2.75) is 33.2 Å². The number of para-hydroxylation sites is 1. The monoisotopic (exact) mass is 397 g/mol. The lowest BCUT2D eigenvalue weighted by Crippen LogP contribution is -2.48. The van der Waals surface area contributed by atoms with E-state index >= 15 is 0 Å². The summed E-state index contributed by atoms with van der Waals surface area (Å²) < 4.78 is 0.910.